The molecule has 2 aliphatic carbocycles. The lowest BCUT2D eigenvalue weighted by Crippen LogP contribution is -2.54. The standard InChI is InChI=1S/C23H29NO/c25-23(22-12-7-13-22)14-21(15-23)18-24(16-19-8-3-1-4-9-19)17-20-10-5-2-6-11-20/h1-6,8-11,21-22,25H,7,12-18H2/t21-,23+. The third-order valence-electron chi connectivity index (χ3n) is 6.16. The zero-order valence-electron chi connectivity index (χ0n) is 15.0. The molecule has 0 aliphatic heterocycles. The Morgan fingerprint density at radius 3 is 1.80 bits per heavy atom. The minimum Gasteiger partial charge on any atom is -0.390 e. The Balaban J connectivity index is 1.39. The second kappa shape index (κ2) is 7.31. The number of rotatable bonds is 7. The first-order valence-electron chi connectivity index (χ1n) is 9.74. The average Bonchev–Trinajstić information content (AvgIpc) is 2.53. The minimum atomic E-state index is -0.339. The molecular weight excluding hydrogens is 306 g/mol. The van der Waals surface area contributed by atoms with Crippen LogP contribution in [0.5, 0.6) is 0 Å². The van der Waals surface area contributed by atoms with Crippen molar-refractivity contribution in [2.24, 2.45) is 11.8 Å². The first-order chi connectivity index (χ1) is 12.2. The van der Waals surface area contributed by atoms with Gasteiger partial charge in [-0.15, -0.1) is 0 Å². The number of hydrogen-bond donors (Lipinski definition) is 1. The first kappa shape index (κ1) is 16.8. The topological polar surface area (TPSA) is 23.5 Å². The molecule has 2 aliphatic rings. The van der Waals surface area contributed by atoms with Crippen LogP contribution in [0.1, 0.15) is 43.2 Å². The van der Waals surface area contributed by atoms with Crippen molar-refractivity contribution < 1.29 is 5.11 Å². The molecule has 4 rings (SSSR count). The highest BCUT2D eigenvalue weighted by molar-refractivity contribution is 5.17. The van der Waals surface area contributed by atoms with Crippen LogP contribution in [-0.2, 0) is 13.1 Å². The fourth-order valence-corrected chi connectivity index (χ4v) is 4.58. The molecule has 0 aromatic heterocycles. The summed E-state index contributed by atoms with van der Waals surface area (Å²) in [5, 5.41) is 10.8. The van der Waals surface area contributed by atoms with Crippen molar-refractivity contribution in [1.29, 1.82) is 0 Å². The van der Waals surface area contributed by atoms with Crippen LogP contribution in [0.3, 0.4) is 0 Å². The average molecular weight is 335 g/mol. The molecule has 0 heterocycles. The third-order valence-corrected chi connectivity index (χ3v) is 6.16. The number of hydrogen-bond acceptors (Lipinski definition) is 2. The van der Waals surface area contributed by atoms with Gasteiger partial charge in [0, 0.05) is 19.6 Å². The van der Waals surface area contributed by atoms with Crippen molar-refractivity contribution in [3.63, 3.8) is 0 Å². The van der Waals surface area contributed by atoms with E-state index in [4.69, 9.17) is 0 Å². The van der Waals surface area contributed by atoms with E-state index < -0.39 is 0 Å². The van der Waals surface area contributed by atoms with Crippen molar-refractivity contribution in [3.8, 4) is 0 Å². The summed E-state index contributed by atoms with van der Waals surface area (Å²) in [5.74, 6) is 1.22. The molecule has 25 heavy (non-hydrogen) atoms. The normalized spacial score (nSPS) is 26.2. The highest BCUT2D eigenvalue weighted by Crippen LogP contribution is 2.50. The molecule has 0 bridgehead atoms. The maximum Gasteiger partial charge on any atom is 0.0682 e. The molecule has 2 nitrogen and oxygen atoms in total. The fourth-order valence-electron chi connectivity index (χ4n) is 4.58. The van der Waals surface area contributed by atoms with Gasteiger partial charge < -0.3 is 5.11 Å². The number of benzene rings is 2. The van der Waals surface area contributed by atoms with E-state index >= 15 is 0 Å². The zero-order chi connectivity index (χ0) is 17.1. The lowest BCUT2D eigenvalue weighted by Gasteiger charge is -2.52. The maximum atomic E-state index is 10.8. The summed E-state index contributed by atoms with van der Waals surface area (Å²) in [6.07, 6.45) is 5.78. The molecule has 2 heteroatoms. The molecule has 0 unspecified atom stereocenters. The molecule has 1 N–H and O–H groups in total. The molecule has 2 aromatic carbocycles. The Kier molecular flexibility index (Phi) is 4.91. The van der Waals surface area contributed by atoms with Gasteiger partial charge in [-0.2, -0.15) is 0 Å². The summed E-state index contributed by atoms with van der Waals surface area (Å²) in [6.45, 7) is 3.04. The second-order valence-electron chi connectivity index (χ2n) is 8.15. The van der Waals surface area contributed by atoms with E-state index in [1.807, 2.05) is 0 Å². The van der Waals surface area contributed by atoms with E-state index in [-0.39, 0.29) is 5.60 Å². The van der Waals surface area contributed by atoms with Gasteiger partial charge in [0.1, 0.15) is 0 Å². The predicted molar refractivity (Wildman–Crippen MR) is 102 cm³/mol. The van der Waals surface area contributed by atoms with Gasteiger partial charge in [0.25, 0.3) is 0 Å². The van der Waals surface area contributed by atoms with Crippen LogP contribution in [0, 0.1) is 11.8 Å². The van der Waals surface area contributed by atoms with Gasteiger partial charge in [-0.1, -0.05) is 67.1 Å². The summed E-state index contributed by atoms with van der Waals surface area (Å²) < 4.78 is 0. The largest absolute Gasteiger partial charge is 0.390 e. The Morgan fingerprint density at radius 1 is 0.840 bits per heavy atom. The first-order valence-corrected chi connectivity index (χ1v) is 9.74. The molecule has 132 valence electrons. The fraction of sp³-hybridized carbons (Fsp3) is 0.478. The molecule has 0 radical (unpaired) electrons. The monoisotopic (exact) mass is 335 g/mol. The van der Waals surface area contributed by atoms with Crippen molar-refractivity contribution in [2.75, 3.05) is 6.54 Å². The SMILES string of the molecule is O[C@]1(C2CCC2)C[C@H](CN(Cc2ccccc2)Cc2ccccc2)C1. The molecule has 2 aromatic rings. The van der Waals surface area contributed by atoms with E-state index in [1.54, 1.807) is 0 Å². The van der Waals surface area contributed by atoms with Crippen LogP contribution >= 0.6 is 0 Å². The maximum absolute atomic E-state index is 10.8. The van der Waals surface area contributed by atoms with E-state index in [1.165, 1.54) is 30.4 Å². The molecule has 0 spiro atoms. The second-order valence-corrected chi connectivity index (χ2v) is 8.15. The lowest BCUT2D eigenvalue weighted by atomic mass is 9.59. The summed E-state index contributed by atoms with van der Waals surface area (Å²) in [5.41, 5.74) is 2.40. The van der Waals surface area contributed by atoms with Gasteiger partial charge in [0.05, 0.1) is 5.60 Å². The van der Waals surface area contributed by atoms with Gasteiger partial charge in [-0.05, 0) is 48.6 Å². The molecule has 2 saturated carbocycles. The summed E-state index contributed by atoms with van der Waals surface area (Å²) in [7, 11) is 0. The Labute approximate surface area is 151 Å². The van der Waals surface area contributed by atoms with Crippen LogP contribution in [-0.4, -0.2) is 22.2 Å². The van der Waals surface area contributed by atoms with Crippen molar-refractivity contribution in [1.82, 2.24) is 4.90 Å². The van der Waals surface area contributed by atoms with Crippen LogP contribution in [0.25, 0.3) is 0 Å². The van der Waals surface area contributed by atoms with Crippen LogP contribution in [0.4, 0.5) is 0 Å². The molecular formula is C23H29NO. The summed E-state index contributed by atoms with van der Waals surface area (Å²) in [4.78, 5) is 2.55. The molecule has 0 amide bonds. The number of aliphatic hydroxyl groups is 1. The van der Waals surface area contributed by atoms with Crippen molar-refractivity contribution >= 4 is 0 Å². The summed E-state index contributed by atoms with van der Waals surface area (Å²) in [6, 6.07) is 21.5. The van der Waals surface area contributed by atoms with Gasteiger partial charge in [0.15, 0.2) is 0 Å². The van der Waals surface area contributed by atoms with Crippen LogP contribution in [0.2, 0.25) is 0 Å². The van der Waals surface area contributed by atoms with E-state index in [0.717, 1.165) is 32.5 Å². The third kappa shape index (κ3) is 3.96. The predicted octanol–water partition coefficient (Wildman–Crippen LogP) is 4.63. The van der Waals surface area contributed by atoms with Crippen LogP contribution < -0.4 is 0 Å². The van der Waals surface area contributed by atoms with Crippen molar-refractivity contribution in [3.05, 3.63) is 71.8 Å². The lowest BCUT2D eigenvalue weighted by molar-refractivity contribution is -0.143. The molecule has 2 fully saturated rings. The Hall–Kier alpha value is -1.64. The number of nitrogens with zero attached hydrogens (tertiary/aromatic N) is 1. The van der Waals surface area contributed by atoms with E-state index in [0.29, 0.717) is 11.8 Å². The summed E-state index contributed by atoms with van der Waals surface area (Å²) >= 11 is 0. The van der Waals surface area contributed by atoms with E-state index in [2.05, 4.69) is 65.6 Å². The van der Waals surface area contributed by atoms with Gasteiger partial charge >= 0.3 is 0 Å². The molecule has 0 atom stereocenters. The molecule has 0 saturated heterocycles. The van der Waals surface area contributed by atoms with Crippen LogP contribution in [0.15, 0.2) is 60.7 Å². The van der Waals surface area contributed by atoms with E-state index in [9.17, 15) is 5.11 Å². The van der Waals surface area contributed by atoms with Gasteiger partial charge in [-0.3, -0.25) is 4.90 Å². The smallest absolute Gasteiger partial charge is 0.0682 e. The minimum absolute atomic E-state index is 0.339. The van der Waals surface area contributed by atoms with Gasteiger partial charge in [0.2, 0.25) is 0 Å². The van der Waals surface area contributed by atoms with Crippen molar-refractivity contribution in [2.45, 2.75) is 50.8 Å². The zero-order valence-corrected chi connectivity index (χ0v) is 15.0. The highest BCUT2D eigenvalue weighted by Gasteiger charge is 2.49. The highest BCUT2D eigenvalue weighted by atomic mass is 16.3. The van der Waals surface area contributed by atoms with Gasteiger partial charge in [-0.25, -0.2) is 0 Å². The Morgan fingerprint density at radius 2 is 1.36 bits per heavy atom. The quantitative estimate of drug-likeness (QED) is 0.797. The Bertz CT molecular complexity index is 618.